The maximum atomic E-state index is 3.83. The number of hydrogen-bond donors (Lipinski definition) is 1. The Morgan fingerprint density at radius 2 is 2.28 bits per heavy atom. The van der Waals surface area contributed by atoms with Crippen molar-refractivity contribution in [3.8, 4) is 0 Å². The summed E-state index contributed by atoms with van der Waals surface area (Å²) in [6.45, 7) is 3.44. The van der Waals surface area contributed by atoms with Crippen LogP contribution in [0, 0.1) is 0 Å². The minimum Gasteiger partial charge on any atom is -0.309 e. The van der Waals surface area contributed by atoms with E-state index in [1.54, 1.807) is 5.57 Å². The Labute approximate surface area is 121 Å². The van der Waals surface area contributed by atoms with E-state index < -0.39 is 0 Å². The summed E-state index contributed by atoms with van der Waals surface area (Å²) in [4.78, 5) is 0. The molecule has 1 aliphatic heterocycles. The Balaban J connectivity index is 1.99. The van der Waals surface area contributed by atoms with Crippen molar-refractivity contribution in [2.24, 2.45) is 0 Å². The van der Waals surface area contributed by atoms with Crippen molar-refractivity contribution in [2.45, 2.75) is 56.7 Å². The Hall–Kier alpha value is 0.400. The van der Waals surface area contributed by atoms with Crippen molar-refractivity contribution < 1.29 is 0 Å². The fraction of sp³-hybridized carbons (Fsp3) is 0.867. The van der Waals surface area contributed by atoms with Crippen LogP contribution >= 0.6 is 23.5 Å². The standard InChI is InChI=1S/C15H27NS2/c1-2-9-16-15(14-12-17-10-11-18-14)13-7-5-3-4-6-8-13/h7,14-16H,2-6,8-12H2,1H3. The van der Waals surface area contributed by atoms with Crippen LogP contribution in [0.2, 0.25) is 0 Å². The molecule has 0 amide bonds. The molecule has 1 N–H and O–H groups in total. The Kier molecular flexibility index (Phi) is 7.03. The van der Waals surface area contributed by atoms with Crippen molar-refractivity contribution in [3.63, 3.8) is 0 Å². The first-order valence-corrected chi connectivity index (χ1v) is 9.74. The minimum atomic E-state index is 0.654. The second-order valence-corrected chi connectivity index (χ2v) is 7.79. The first kappa shape index (κ1) is 14.8. The monoisotopic (exact) mass is 285 g/mol. The normalized spacial score (nSPS) is 27.4. The van der Waals surface area contributed by atoms with Gasteiger partial charge < -0.3 is 5.32 Å². The molecule has 1 fully saturated rings. The van der Waals surface area contributed by atoms with E-state index in [-0.39, 0.29) is 0 Å². The van der Waals surface area contributed by atoms with Crippen molar-refractivity contribution in [2.75, 3.05) is 23.8 Å². The largest absolute Gasteiger partial charge is 0.309 e. The first-order valence-electron chi connectivity index (χ1n) is 7.53. The van der Waals surface area contributed by atoms with E-state index in [2.05, 4.69) is 41.8 Å². The van der Waals surface area contributed by atoms with Gasteiger partial charge in [0, 0.05) is 28.6 Å². The number of nitrogens with one attached hydrogen (secondary N) is 1. The molecule has 0 radical (unpaired) electrons. The molecular weight excluding hydrogens is 258 g/mol. The number of allylic oxidation sites excluding steroid dienone is 1. The predicted molar refractivity (Wildman–Crippen MR) is 86.8 cm³/mol. The van der Waals surface area contributed by atoms with E-state index >= 15 is 0 Å². The highest BCUT2D eigenvalue weighted by Gasteiger charge is 2.27. The molecule has 0 bridgehead atoms. The summed E-state index contributed by atoms with van der Waals surface area (Å²) in [7, 11) is 0. The molecule has 1 aliphatic carbocycles. The zero-order chi connectivity index (χ0) is 12.6. The van der Waals surface area contributed by atoms with Crippen molar-refractivity contribution in [3.05, 3.63) is 11.6 Å². The molecule has 1 heterocycles. The van der Waals surface area contributed by atoms with E-state index in [9.17, 15) is 0 Å². The average molecular weight is 286 g/mol. The molecule has 2 aliphatic rings. The summed E-state index contributed by atoms with van der Waals surface area (Å²) in [5.41, 5.74) is 1.72. The quantitative estimate of drug-likeness (QED) is 0.764. The van der Waals surface area contributed by atoms with Crippen LogP contribution in [0.3, 0.4) is 0 Å². The number of rotatable bonds is 5. The molecule has 0 spiro atoms. The summed E-state index contributed by atoms with van der Waals surface area (Å²) in [6, 6.07) is 0.654. The summed E-state index contributed by atoms with van der Waals surface area (Å²) in [6.07, 6.45) is 10.7. The van der Waals surface area contributed by atoms with Gasteiger partial charge in [-0.25, -0.2) is 0 Å². The smallest absolute Gasteiger partial charge is 0.0407 e. The van der Waals surface area contributed by atoms with Crippen molar-refractivity contribution in [1.29, 1.82) is 0 Å². The van der Waals surface area contributed by atoms with E-state index in [1.807, 2.05) is 0 Å². The van der Waals surface area contributed by atoms with Gasteiger partial charge in [-0.2, -0.15) is 23.5 Å². The van der Waals surface area contributed by atoms with Gasteiger partial charge in [0.15, 0.2) is 0 Å². The molecule has 3 heteroatoms. The van der Waals surface area contributed by atoms with E-state index in [1.165, 1.54) is 62.3 Å². The summed E-state index contributed by atoms with van der Waals surface area (Å²) < 4.78 is 0. The number of thioether (sulfide) groups is 2. The molecule has 1 saturated heterocycles. The molecule has 1 nitrogen and oxygen atoms in total. The SMILES string of the molecule is CCCNC(C1=CCCCCC1)C1CSCCS1. The summed E-state index contributed by atoms with van der Waals surface area (Å²) >= 11 is 4.34. The lowest BCUT2D eigenvalue weighted by Crippen LogP contribution is -2.42. The van der Waals surface area contributed by atoms with Gasteiger partial charge >= 0.3 is 0 Å². The van der Waals surface area contributed by atoms with Gasteiger partial charge in [0.2, 0.25) is 0 Å². The molecule has 0 saturated carbocycles. The highest BCUT2D eigenvalue weighted by atomic mass is 32.2. The van der Waals surface area contributed by atoms with Gasteiger partial charge in [-0.05, 0) is 38.6 Å². The average Bonchev–Trinajstić information content (AvgIpc) is 2.70. The highest BCUT2D eigenvalue weighted by molar-refractivity contribution is 8.06. The highest BCUT2D eigenvalue weighted by Crippen LogP contribution is 2.32. The lowest BCUT2D eigenvalue weighted by atomic mass is 9.99. The van der Waals surface area contributed by atoms with Crippen molar-refractivity contribution in [1.82, 2.24) is 5.32 Å². The van der Waals surface area contributed by atoms with Gasteiger partial charge in [0.05, 0.1) is 0 Å². The molecule has 2 atom stereocenters. The topological polar surface area (TPSA) is 12.0 Å². The Morgan fingerprint density at radius 3 is 3.06 bits per heavy atom. The third kappa shape index (κ3) is 4.50. The fourth-order valence-corrected chi connectivity index (χ4v) is 5.71. The van der Waals surface area contributed by atoms with Crippen LogP contribution in [0.5, 0.6) is 0 Å². The van der Waals surface area contributed by atoms with Crippen LogP contribution < -0.4 is 5.32 Å². The van der Waals surface area contributed by atoms with Gasteiger partial charge in [-0.3, -0.25) is 0 Å². The molecule has 104 valence electrons. The van der Waals surface area contributed by atoms with E-state index in [0.717, 1.165) is 5.25 Å². The third-order valence-electron chi connectivity index (χ3n) is 3.80. The zero-order valence-electron chi connectivity index (χ0n) is 11.6. The van der Waals surface area contributed by atoms with Crippen LogP contribution in [-0.2, 0) is 0 Å². The predicted octanol–water partition coefficient (Wildman–Crippen LogP) is 4.09. The van der Waals surface area contributed by atoms with Crippen LogP contribution in [0.1, 0.15) is 45.4 Å². The molecular formula is C15H27NS2. The van der Waals surface area contributed by atoms with Crippen molar-refractivity contribution >= 4 is 23.5 Å². The maximum absolute atomic E-state index is 3.83. The number of hydrogen-bond acceptors (Lipinski definition) is 3. The Bertz CT molecular complexity index is 259. The first-order chi connectivity index (χ1) is 8.92. The van der Waals surface area contributed by atoms with Gasteiger partial charge in [-0.15, -0.1) is 0 Å². The van der Waals surface area contributed by atoms with E-state index in [4.69, 9.17) is 0 Å². The van der Waals surface area contributed by atoms with Gasteiger partial charge in [0.25, 0.3) is 0 Å². The molecule has 2 unspecified atom stereocenters. The van der Waals surface area contributed by atoms with Crippen LogP contribution in [0.15, 0.2) is 11.6 Å². The molecule has 18 heavy (non-hydrogen) atoms. The van der Waals surface area contributed by atoms with Crippen LogP contribution in [0.25, 0.3) is 0 Å². The molecule has 0 aromatic rings. The second kappa shape index (κ2) is 8.55. The lowest BCUT2D eigenvalue weighted by Gasteiger charge is -2.32. The van der Waals surface area contributed by atoms with E-state index in [0.29, 0.717) is 6.04 Å². The maximum Gasteiger partial charge on any atom is 0.0407 e. The van der Waals surface area contributed by atoms with Gasteiger partial charge in [-0.1, -0.05) is 25.0 Å². The summed E-state index contributed by atoms with van der Waals surface area (Å²) in [5.74, 6) is 4.02. The minimum absolute atomic E-state index is 0.654. The zero-order valence-corrected chi connectivity index (χ0v) is 13.3. The third-order valence-corrected chi connectivity index (χ3v) is 6.67. The fourth-order valence-electron chi connectivity index (χ4n) is 2.82. The van der Waals surface area contributed by atoms with Crippen LogP contribution in [-0.4, -0.2) is 35.1 Å². The van der Waals surface area contributed by atoms with Crippen LogP contribution in [0.4, 0.5) is 0 Å². The Morgan fingerprint density at radius 1 is 1.33 bits per heavy atom. The molecule has 0 aromatic carbocycles. The summed E-state index contributed by atoms with van der Waals surface area (Å²) in [5, 5.41) is 4.64. The second-order valence-electron chi connectivity index (χ2n) is 5.29. The van der Waals surface area contributed by atoms with Gasteiger partial charge in [0.1, 0.15) is 0 Å². The molecule has 0 aromatic heterocycles. The lowest BCUT2D eigenvalue weighted by molar-refractivity contribution is 0.543. The molecule has 2 rings (SSSR count).